The molecule has 1 aliphatic rings. The van der Waals surface area contributed by atoms with Gasteiger partial charge >= 0.3 is 5.97 Å². The van der Waals surface area contributed by atoms with Crippen LogP contribution in [0.3, 0.4) is 0 Å². The predicted octanol–water partition coefficient (Wildman–Crippen LogP) is 0.469. The molecule has 0 bridgehead atoms. The standard InChI is InChI=1S/C10H12N2O2/c13-10(14)9-6-12-5-8(9)7-1-3-11-4-2-7/h1-4,8-9,12H,5-6H2,(H,13,14). The van der Waals surface area contributed by atoms with Crippen molar-refractivity contribution in [1.82, 2.24) is 10.3 Å². The Morgan fingerprint density at radius 2 is 2.14 bits per heavy atom. The maximum Gasteiger partial charge on any atom is 0.308 e. The molecule has 4 nitrogen and oxygen atoms in total. The minimum atomic E-state index is -0.725. The van der Waals surface area contributed by atoms with E-state index in [1.165, 1.54) is 0 Å². The lowest BCUT2D eigenvalue weighted by Crippen LogP contribution is -2.20. The van der Waals surface area contributed by atoms with Crippen LogP contribution in [-0.4, -0.2) is 29.1 Å². The molecule has 1 saturated heterocycles. The first-order valence-electron chi connectivity index (χ1n) is 4.62. The zero-order valence-corrected chi connectivity index (χ0v) is 7.68. The Hall–Kier alpha value is -1.42. The molecule has 4 heteroatoms. The van der Waals surface area contributed by atoms with Crippen molar-refractivity contribution in [3.05, 3.63) is 30.1 Å². The summed E-state index contributed by atoms with van der Waals surface area (Å²) in [7, 11) is 0. The summed E-state index contributed by atoms with van der Waals surface area (Å²) in [6.07, 6.45) is 3.40. The number of hydrogen-bond donors (Lipinski definition) is 2. The van der Waals surface area contributed by atoms with Crippen molar-refractivity contribution in [1.29, 1.82) is 0 Å². The van der Waals surface area contributed by atoms with Gasteiger partial charge in [0.05, 0.1) is 5.92 Å². The first kappa shape index (κ1) is 9.15. The van der Waals surface area contributed by atoms with Crippen LogP contribution < -0.4 is 5.32 Å². The molecule has 0 saturated carbocycles. The fourth-order valence-electron chi connectivity index (χ4n) is 1.90. The van der Waals surface area contributed by atoms with Gasteiger partial charge in [-0.1, -0.05) is 0 Å². The number of pyridine rings is 1. The lowest BCUT2D eigenvalue weighted by Gasteiger charge is -2.14. The maximum absolute atomic E-state index is 10.9. The summed E-state index contributed by atoms with van der Waals surface area (Å²) in [5.41, 5.74) is 1.05. The predicted molar refractivity (Wildman–Crippen MR) is 51.0 cm³/mol. The van der Waals surface area contributed by atoms with Crippen LogP contribution in [0.15, 0.2) is 24.5 Å². The van der Waals surface area contributed by atoms with Gasteiger partial charge in [0, 0.05) is 31.4 Å². The number of aromatic nitrogens is 1. The van der Waals surface area contributed by atoms with Gasteiger partial charge in [-0.05, 0) is 17.7 Å². The molecule has 0 spiro atoms. The number of carbonyl (C=O) groups is 1. The van der Waals surface area contributed by atoms with Crippen LogP contribution in [0.4, 0.5) is 0 Å². The Morgan fingerprint density at radius 3 is 2.79 bits per heavy atom. The molecule has 2 rings (SSSR count). The van der Waals surface area contributed by atoms with Crippen molar-refractivity contribution >= 4 is 5.97 Å². The molecule has 1 aromatic heterocycles. The summed E-state index contributed by atoms with van der Waals surface area (Å²) in [4.78, 5) is 14.8. The van der Waals surface area contributed by atoms with Crippen LogP contribution in [0, 0.1) is 5.92 Å². The van der Waals surface area contributed by atoms with Crippen molar-refractivity contribution in [3.8, 4) is 0 Å². The molecule has 1 fully saturated rings. The number of carboxylic acids is 1. The van der Waals surface area contributed by atoms with Crippen LogP contribution in [0.1, 0.15) is 11.5 Å². The number of nitrogens with one attached hydrogen (secondary N) is 1. The molecule has 0 aromatic carbocycles. The topological polar surface area (TPSA) is 62.2 Å². The van der Waals surface area contributed by atoms with Gasteiger partial charge in [-0.25, -0.2) is 0 Å². The van der Waals surface area contributed by atoms with Crippen LogP contribution in [0.2, 0.25) is 0 Å². The molecule has 1 aromatic rings. The molecular weight excluding hydrogens is 180 g/mol. The number of aliphatic carboxylic acids is 1. The van der Waals surface area contributed by atoms with Crippen LogP contribution in [-0.2, 0) is 4.79 Å². The average Bonchev–Trinajstić information content (AvgIpc) is 2.67. The van der Waals surface area contributed by atoms with Gasteiger partial charge in [-0.2, -0.15) is 0 Å². The number of rotatable bonds is 2. The van der Waals surface area contributed by atoms with E-state index >= 15 is 0 Å². The van der Waals surface area contributed by atoms with Gasteiger partial charge in [0.25, 0.3) is 0 Å². The van der Waals surface area contributed by atoms with Crippen molar-refractivity contribution in [2.75, 3.05) is 13.1 Å². The molecule has 2 atom stereocenters. The van der Waals surface area contributed by atoms with Crippen molar-refractivity contribution in [3.63, 3.8) is 0 Å². The average molecular weight is 192 g/mol. The van der Waals surface area contributed by atoms with E-state index in [-0.39, 0.29) is 11.8 Å². The molecular formula is C10H12N2O2. The zero-order valence-electron chi connectivity index (χ0n) is 7.68. The minimum absolute atomic E-state index is 0.0792. The van der Waals surface area contributed by atoms with Gasteiger partial charge < -0.3 is 10.4 Å². The van der Waals surface area contributed by atoms with E-state index < -0.39 is 5.97 Å². The minimum Gasteiger partial charge on any atom is -0.481 e. The van der Waals surface area contributed by atoms with Gasteiger partial charge in [-0.15, -0.1) is 0 Å². The summed E-state index contributed by atoms with van der Waals surface area (Å²) in [5.74, 6) is -0.954. The fraction of sp³-hybridized carbons (Fsp3) is 0.400. The van der Waals surface area contributed by atoms with E-state index in [1.54, 1.807) is 12.4 Å². The highest BCUT2D eigenvalue weighted by molar-refractivity contribution is 5.72. The summed E-state index contributed by atoms with van der Waals surface area (Å²) in [6, 6.07) is 3.77. The van der Waals surface area contributed by atoms with E-state index in [1.807, 2.05) is 12.1 Å². The van der Waals surface area contributed by atoms with Gasteiger partial charge in [0.1, 0.15) is 0 Å². The molecule has 2 unspecified atom stereocenters. The summed E-state index contributed by atoms with van der Waals surface area (Å²) in [6.45, 7) is 1.29. The Kier molecular flexibility index (Phi) is 2.45. The second kappa shape index (κ2) is 3.75. The van der Waals surface area contributed by atoms with Crippen LogP contribution in [0.25, 0.3) is 0 Å². The molecule has 2 heterocycles. The Bertz CT molecular complexity index is 326. The highest BCUT2D eigenvalue weighted by Crippen LogP contribution is 2.27. The SMILES string of the molecule is O=C(O)C1CNCC1c1ccncc1. The van der Waals surface area contributed by atoms with Crippen LogP contribution >= 0.6 is 0 Å². The van der Waals surface area contributed by atoms with Crippen molar-refractivity contribution in [2.24, 2.45) is 5.92 Å². The molecule has 14 heavy (non-hydrogen) atoms. The largest absolute Gasteiger partial charge is 0.481 e. The quantitative estimate of drug-likeness (QED) is 0.715. The van der Waals surface area contributed by atoms with Gasteiger partial charge in [0.15, 0.2) is 0 Å². The number of hydrogen-bond acceptors (Lipinski definition) is 3. The zero-order chi connectivity index (χ0) is 9.97. The molecule has 0 aliphatic carbocycles. The second-order valence-electron chi connectivity index (χ2n) is 3.49. The van der Waals surface area contributed by atoms with E-state index in [2.05, 4.69) is 10.3 Å². The normalized spacial score (nSPS) is 26.3. The number of carboxylic acid groups (broad SMARTS) is 1. The Balaban J connectivity index is 2.22. The van der Waals surface area contributed by atoms with Crippen molar-refractivity contribution < 1.29 is 9.90 Å². The Morgan fingerprint density at radius 1 is 1.43 bits per heavy atom. The smallest absolute Gasteiger partial charge is 0.308 e. The van der Waals surface area contributed by atoms with E-state index in [4.69, 9.17) is 5.11 Å². The second-order valence-corrected chi connectivity index (χ2v) is 3.49. The van der Waals surface area contributed by atoms with Gasteiger partial charge in [-0.3, -0.25) is 9.78 Å². The first-order chi connectivity index (χ1) is 6.79. The molecule has 0 amide bonds. The first-order valence-corrected chi connectivity index (χ1v) is 4.62. The van der Waals surface area contributed by atoms with E-state index in [0.29, 0.717) is 6.54 Å². The third kappa shape index (κ3) is 1.61. The van der Waals surface area contributed by atoms with E-state index in [0.717, 1.165) is 12.1 Å². The maximum atomic E-state index is 10.9. The van der Waals surface area contributed by atoms with Gasteiger partial charge in [0.2, 0.25) is 0 Å². The third-order valence-electron chi connectivity index (χ3n) is 2.67. The Labute approximate surface area is 82.0 Å². The molecule has 2 N–H and O–H groups in total. The number of nitrogens with zero attached hydrogens (tertiary/aromatic N) is 1. The van der Waals surface area contributed by atoms with Crippen LogP contribution in [0.5, 0.6) is 0 Å². The van der Waals surface area contributed by atoms with Crippen molar-refractivity contribution in [2.45, 2.75) is 5.92 Å². The molecule has 0 radical (unpaired) electrons. The summed E-state index contributed by atoms with van der Waals surface area (Å²) >= 11 is 0. The monoisotopic (exact) mass is 192 g/mol. The summed E-state index contributed by atoms with van der Waals surface area (Å²) < 4.78 is 0. The highest BCUT2D eigenvalue weighted by Gasteiger charge is 2.33. The lowest BCUT2D eigenvalue weighted by atomic mass is 9.90. The highest BCUT2D eigenvalue weighted by atomic mass is 16.4. The fourth-order valence-corrected chi connectivity index (χ4v) is 1.90. The molecule has 74 valence electrons. The summed E-state index contributed by atoms with van der Waals surface area (Å²) in [5, 5.41) is 12.1. The van der Waals surface area contributed by atoms with E-state index in [9.17, 15) is 4.79 Å². The molecule has 1 aliphatic heterocycles. The lowest BCUT2D eigenvalue weighted by molar-refractivity contribution is -0.141. The third-order valence-corrected chi connectivity index (χ3v) is 2.67.